The van der Waals surface area contributed by atoms with Gasteiger partial charge in [0.25, 0.3) is 5.91 Å². The van der Waals surface area contributed by atoms with E-state index in [4.69, 9.17) is 9.84 Å². The second-order valence-electron chi connectivity index (χ2n) is 7.99. The molecule has 1 aliphatic heterocycles. The monoisotopic (exact) mass is 447 g/mol. The smallest absolute Gasteiger partial charge is 0.433 e. The van der Waals surface area contributed by atoms with Crippen LogP contribution in [0.3, 0.4) is 0 Å². The molecule has 32 heavy (non-hydrogen) atoms. The van der Waals surface area contributed by atoms with Crippen molar-refractivity contribution in [1.82, 2.24) is 19.7 Å². The van der Waals surface area contributed by atoms with Crippen LogP contribution in [0.4, 0.5) is 18.9 Å². The Balaban J connectivity index is 1.65. The quantitative estimate of drug-likeness (QED) is 0.646. The van der Waals surface area contributed by atoms with Crippen molar-refractivity contribution in [3.05, 3.63) is 47.4 Å². The van der Waals surface area contributed by atoms with Crippen LogP contribution in [0, 0.1) is 6.92 Å². The number of alkyl halides is 3. The van der Waals surface area contributed by atoms with E-state index in [-0.39, 0.29) is 11.7 Å². The van der Waals surface area contributed by atoms with E-state index < -0.39 is 17.8 Å². The van der Waals surface area contributed by atoms with Crippen LogP contribution in [0.25, 0.3) is 10.9 Å². The largest absolute Gasteiger partial charge is 0.494 e. The number of fused-ring (bicyclic) bond motifs is 1. The number of aryl methyl sites for hydroxylation is 1. The highest BCUT2D eigenvalue weighted by molar-refractivity contribution is 6.05. The second-order valence-corrected chi connectivity index (χ2v) is 7.99. The highest BCUT2D eigenvalue weighted by Crippen LogP contribution is 2.34. The summed E-state index contributed by atoms with van der Waals surface area (Å²) in [5, 5.41) is 8.23. The maximum absolute atomic E-state index is 12.9. The highest BCUT2D eigenvalue weighted by atomic mass is 19.4. The molecule has 1 fully saturated rings. The molecule has 0 bridgehead atoms. The summed E-state index contributed by atoms with van der Waals surface area (Å²) < 4.78 is 46.3. The fourth-order valence-electron chi connectivity index (χ4n) is 4.02. The number of likely N-dealkylation sites (tertiary alicyclic amines) is 1. The number of benzene rings is 1. The van der Waals surface area contributed by atoms with Gasteiger partial charge >= 0.3 is 6.18 Å². The standard InChI is InChI=1S/C22H24F3N5O2/c1-13-15-11-18(27-21(31)16-5-4-6-20(26-16)22(23,24)25)19(32-3)12-17(15)28-30(13)14-7-9-29(2)10-8-14/h4-6,11-12,14H,7-10H2,1-3H3,(H,27,31). The van der Waals surface area contributed by atoms with Gasteiger partial charge < -0.3 is 15.0 Å². The van der Waals surface area contributed by atoms with Crippen LogP contribution in [0.5, 0.6) is 5.75 Å². The minimum absolute atomic E-state index is 0.289. The number of nitrogens with zero attached hydrogens (tertiary/aromatic N) is 4. The Hall–Kier alpha value is -3.14. The van der Waals surface area contributed by atoms with Crippen molar-refractivity contribution in [2.75, 3.05) is 32.6 Å². The predicted octanol–water partition coefficient (Wildman–Crippen LogP) is 4.29. The van der Waals surface area contributed by atoms with E-state index in [1.54, 1.807) is 12.1 Å². The van der Waals surface area contributed by atoms with E-state index in [0.29, 0.717) is 11.4 Å². The third-order valence-electron chi connectivity index (χ3n) is 5.82. The van der Waals surface area contributed by atoms with Crippen molar-refractivity contribution < 1.29 is 22.7 Å². The second kappa shape index (κ2) is 8.42. The zero-order valence-corrected chi connectivity index (χ0v) is 18.0. The third kappa shape index (κ3) is 4.27. The summed E-state index contributed by atoms with van der Waals surface area (Å²) in [6.45, 7) is 3.96. The van der Waals surface area contributed by atoms with E-state index in [2.05, 4.69) is 22.2 Å². The normalized spacial score (nSPS) is 15.8. The summed E-state index contributed by atoms with van der Waals surface area (Å²) in [7, 11) is 3.56. The number of hydrogen-bond donors (Lipinski definition) is 1. The minimum atomic E-state index is -4.63. The topological polar surface area (TPSA) is 72.3 Å². The van der Waals surface area contributed by atoms with Crippen molar-refractivity contribution in [2.24, 2.45) is 0 Å². The fraction of sp³-hybridized carbons (Fsp3) is 0.409. The first-order valence-electron chi connectivity index (χ1n) is 10.3. The first kappa shape index (κ1) is 22.1. The molecule has 3 heterocycles. The molecule has 1 saturated heterocycles. The summed E-state index contributed by atoms with van der Waals surface area (Å²) in [6, 6.07) is 6.97. The molecule has 170 valence electrons. The first-order chi connectivity index (χ1) is 15.2. The number of methoxy groups -OCH3 is 1. The molecule has 0 aliphatic carbocycles. The number of amides is 1. The molecular formula is C22H24F3N5O2. The molecule has 0 saturated carbocycles. The minimum Gasteiger partial charge on any atom is -0.494 e. The fourth-order valence-corrected chi connectivity index (χ4v) is 4.02. The van der Waals surface area contributed by atoms with Crippen molar-refractivity contribution >= 4 is 22.5 Å². The Bertz CT molecular complexity index is 1150. The molecule has 2 aromatic heterocycles. The molecule has 3 aromatic rings. The highest BCUT2D eigenvalue weighted by Gasteiger charge is 2.33. The van der Waals surface area contributed by atoms with Gasteiger partial charge in [-0.1, -0.05) is 6.07 Å². The molecule has 0 atom stereocenters. The lowest BCUT2D eigenvalue weighted by Gasteiger charge is -2.29. The van der Waals surface area contributed by atoms with Crippen LogP contribution in [-0.2, 0) is 6.18 Å². The van der Waals surface area contributed by atoms with Crippen LogP contribution < -0.4 is 10.1 Å². The molecule has 7 nitrogen and oxygen atoms in total. The van der Waals surface area contributed by atoms with E-state index in [0.717, 1.165) is 54.7 Å². The van der Waals surface area contributed by atoms with Gasteiger partial charge in [-0.25, -0.2) is 4.98 Å². The first-order valence-corrected chi connectivity index (χ1v) is 10.3. The van der Waals surface area contributed by atoms with E-state index >= 15 is 0 Å². The number of anilines is 1. The number of piperidine rings is 1. The number of rotatable bonds is 4. The molecule has 1 amide bonds. The summed E-state index contributed by atoms with van der Waals surface area (Å²) in [6.07, 6.45) is -2.65. The Morgan fingerprint density at radius 3 is 2.59 bits per heavy atom. The van der Waals surface area contributed by atoms with E-state index in [9.17, 15) is 18.0 Å². The summed E-state index contributed by atoms with van der Waals surface area (Å²) in [5.41, 5.74) is 0.581. The molecule has 4 rings (SSSR count). The molecule has 1 aromatic carbocycles. The van der Waals surface area contributed by atoms with Crippen LogP contribution in [-0.4, -0.2) is 52.8 Å². The van der Waals surface area contributed by atoms with Gasteiger partial charge in [0.05, 0.1) is 24.4 Å². The van der Waals surface area contributed by atoms with Gasteiger partial charge in [0, 0.05) is 17.1 Å². The lowest BCUT2D eigenvalue weighted by atomic mass is 10.1. The zero-order valence-electron chi connectivity index (χ0n) is 18.0. The third-order valence-corrected chi connectivity index (χ3v) is 5.82. The molecule has 0 unspecified atom stereocenters. The Morgan fingerprint density at radius 2 is 1.94 bits per heavy atom. The van der Waals surface area contributed by atoms with Crippen molar-refractivity contribution in [3.8, 4) is 5.75 Å². The number of carbonyl (C=O) groups excluding carboxylic acids is 1. The number of nitrogens with one attached hydrogen (secondary N) is 1. The number of ether oxygens (including phenoxy) is 1. The summed E-state index contributed by atoms with van der Waals surface area (Å²) >= 11 is 0. The van der Waals surface area contributed by atoms with Gasteiger partial charge in [-0.3, -0.25) is 9.48 Å². The Kier molecular flexibility index (Phi) is 5.81. The van der Waals surface area contributed by atoms with Crippen molar-refractivity contribution in [1.29, 1.82) is 0 Å². The molecule has 1 aliphatic rings. The molecular weight excluding hydrogens is 423 g/mol. The number of aromatic nitrogens is 3. The van der Waals surface area contributed by atoms with E-state index in [1.165, 1.54) is 13.2 Å². The van der Waals surface area contributed by atoms with Crippen LogP contribution in [0.1, 0.15) is 40.8 Å². The molecule has 0 spiro atoms. The average Bonchev–Trinajstić information content (AvgIpc) is 3.08. The van der Waals surface area contributed by atoms with Gasteiger partial charge in [-0.2, -0.15) is 18.3 Å². The number of pyridine rings is 1. The van der Waals surface area contributed by atoms with Crippen molar-refractivity contribution in [2.45, 2.75) is 32.0 Å². The van der Waals surface area contributed by atoms with Gasteiger partial charge in [-0.15, -0.1) is 0 Å². The van der Waals surface area contributed by atoms with Gasteiger partial charge in [0.2, 0.25) is 0 Å². The molecule has 0 radical (unpaired) electrons. The van der Waals surface area contributed by atoms with E-state index in [1.807, 2.05) is 11.6 Å². The molecule has 1 N–H and O–H groups in total. The lowest BCUT2D eigenvalue weighted by molar-refractivity contribution is -0.141. The maximum atomic E-state index is 12.9. The van der Waals surface area contributed by atoms with Gasteiger partial charge in [-0.05, 0) is 58.1 Å². The number of hydrogen-bond acceptors (Lipinski definition) is 5. The SMILES string of the molecule is COc1cc2nn(C3CCN(C)CC3)c(C)c2cc1NC(=O)c1cccc(C(F)(F)F)n1. The number of carbonyl (C=O) groups is 1. The van der Waals surface area contributed by atoms with Crippen LogP contribution in [0.15, 0.2) is 30.3 Å². The zero-order chi connectivity index (χ0) is 23.0. The molecule has 10 heteroatoms. The summed E-state index contributed by atoms with van der Waals surface area (Å²) in [5.74, 6) is -0.389. The Morgan fingerprint density at radius 1 is 1.22 bits per heavy atom. The summed E-state index contributed by atoms with van der Waals surface area (Å²) in [4.78, 5) is 18.4. The van der Waals surface area contributed by atoms with Gasteiger partial charge in [0.15, 0.2) is 0 Å². The van der Waals surface area contributed by atoms with Gasteiger partial charge in [0.1, 0.15) is 17.1 Å². The predicted molar refractivity (Wildman–Crippen MR) is 114 cm³/mol. The lowest BCUT2D eigenvalue weighted by Crippen LogP contribution is -2.32. The van der Waals surface area contributed by atoms with Crippen LogP contribution in [0.2, 0.25) is 0 Å². The number of halogens is 3. The van der Waals surface area contributed by atoms with Crippen LogP contribution >= 0.6 is 0 Å². The average molecular weight is 447 g/mol. The Labute approximate surface area is 183 Å². The maximum Gasteiger partial charge on any atom is 0.433 e. The van der Waals surface area contributed by atoms with Crippen molar-refractivity contribution in [3.63, 3.8) is 0 Å².